The zero-order valence-electron chi connectivity index (χ0n) is 9.80. The highest BCUT2D eigenvalue weighted by atomic mass is 16.4. The maximum atomic E-state index is 10.8. The van der Waals surface area contributed by atoms with E-state index in [2.05, 4.69) is 10.3 Å². The molecule has 18 heavy (non-hydrogen) atoms. The highest BCUT2D eigenvalue weighted by molar-refractivity contribution is 5.88. The van der Waals surface area contributed by atoms with Crippen LogP contribution in [0.5, 0.6) is 0 Å². The third-order valence-electron chi connectivity index (χ3n) is 2.55. The molecule has 0 radical (unpaired) electrons. The number of furan rings is 1. The Bertz CT molecular complexity index is 508. The van der Waals surface area contributed by atoms with E-state index in [0.29, 0.717) is 12.3 Å². The number of carboxylic acid groups (broad SMARTS) is 1. The van der Waals surface area contributed by atoms with Crippen molar-refractivity contribution in [3.63, 3.8) is 0 Å². The Morgan fingerprint density at radius 3 is 3.00 bits per heavy atom. The molecule has 2 heterocycles. The molecule has 94 valence electrons. The highest BCUT2D eigenvalue weighted by Crippen LogP contribution is 2.09. The van der Waals surface area contributed by atoms with Crippen LogP contribution >= 0.6 is 0 Å². The van der Waals surface area contributed by atoms with E-state index in [1.165, 1.54) is 12.3 Å². The van der Waals surface area contributed by atoms with Crippen LogP contribution < -0.4 is 5.32 Å². The molecule has 0 atom stereocenters. The summed E-state index contributed by atoms with van der Waals surface area (Å²) in [6.45, 7) is 1.12. The summed E-state index contributed by atoms with van der Waals surface area (Å²) in [7, 11) is 0. The van der Waals surface area contributed by atoms with E-state index in [1.807, 2.05) is 18.2 Å². The summed E-state index contributed by atoms with van der Waals surface area (Å²) in [6.07, 6.45) is 3.94. The smallest absolute Gasteiger partial charge is 0.339 e. The first-order valence-corrected chi connectivity index (χ1v) is 5.67. The van der Waals surface area contributed by atoms with Crippen LogP contribution in [0.2, 0.25) is 0 Å². The lowest BCUT2D eigenvalue weighted by molar-refractivity contribution is 0.0694. The van der Waals surface area contributed by atoms with Gasteiger partial charge in [0.2, 0.25) is 0 Å². The summed E-state index contributed by atoms with van der Waals surface area (Å²) in [5, 5.41) is 12.0. The Kier molecular flexibility index (Phi) is 4.09. The molecule has 5 heteroatoms. The number of pyridine rings is 1. The average Bonchev–Trinajstić information content (AvgIpc) is 2.84. The van der Waals surface area contributed by atoms with Gasteiger partial charge in [0.15, 0.2) is 0 Å². The van der Waals surface area contributed by atoms with E-state index in [4.69, 9.17) is 9.52 Å². The molecule has 0 aliphatic heterocycles. The first kappa shape index (κ1) is 12.3. The van der Waals surface area contributed by atoms with Gasteiger partial charge in [-0.15, -0.1) is 0 Å². The second-order valence-electron chi connectivity index (χ2n) is 3.81. The summed E-state index contributed by atoms with van der Waals surface area (Å²) in [6, 6.07) is 7.23. The molecular formula is C13H14N2O3. The van der Waals surface area contributed by atoms with Crippen LogP contribution in [-0.2, 0) is 13.0 Å². The quantitative estimate of drug-likeness (QED) is 0.759. The fraction of sp³-hybridized carbons (Fsp3) is 0.231. The Morgan fingerprint density at radius 2 is 2.28 bits per heavy atom. The number of nitrogens with one attached hydrogen (secondary N) is 1. The molecule has 0 amide bonds. The lowest BCUT2D eigenvalue weighted by Gasteiger charge is -2.03. The number of carboxylic acids is 1. The van der Waals surface area contributed by atoms with Gasteiger partial charge in [-0.25, -0.2) is 4.79 Å². The predicted octanol–water partition coefficient (Wildman–Crippen LogP) is 1.71. The van der Waals surface area contributed by atoms with Gasteiger partial charge >= 0.3 is 5.97 Å². The summed E-state index contributed by atoms with van der Waals surface area (Å²) in [4.78, 5) is 15.0. The van der Waals surface area contributed by atoms with E-state index in [0.717, 1.165) is 18.7 Å². The topological polar surface area (TPSA) is 75.4 Å². The fourth-order valence-electron chi connectivity index (χ4n) is 1.63. The zero-order valence-corrected chi connectivity index (χ0v) is 9.80. The Balaban J connectivity index is 1.79. The number of hydrogen-bond acceptors (Lipinski definition) is 4. The molecule has 2 aromatic rings. The molecule has 0 aliphatic carbocycles. The molecule has 0 fully saturated rings. The number of aromatic carboxylic acids is 1. The third-order valence-corrected chi connectivity index (χ3v) is 2.55. The molecule has 0 aromatic carbocycles. The van der Waals surface area contributed by atoms with Crippen LogP contribution in [0, 0.1) is 0 Å². The van der Waals surface area contributed by atoms with Gasteiger partial charge in [0.1, 0.15) is 11.3 Å². The molecule has 0 saturated heterocycles. The third kappa shape index (κ3) is 3.18. The Hall–Kier alpha value is -2.14. The molecule has 0 spiro atoms. The van der Waals surface area contributed by atoms with Gasteiger partial charge in [-0.2, -0.15) is 0 Å². The Morgan fingerprint density at radius 1 is 1.39 bits per heavy atom. The van der Waals surface area contributed by atoms with Crippen molar-refractivity contribution in [3.8, 4) is 0 Å². The molecular weight excluding hydrogens is 232 g/mol. The summed E-state index contributed by atoms with van der Waals surface area (Å²) >= 11 is 0. The van der Waals surface area contributed by atoms with Gasteiger partial charge < -0.3 is 14.8 Å². The van der Waals surface area contributed by atoms with Crippen molar-refractivity contribution in [1.29, 1.82) is 0 Å². The van der Waals surface area contributed by atoms with E-state index in [9.17, 15) is 4.79 Å². The number of hydrogen-bond donors (Lipinski definition) is 2. The van der Waals surface area contributed by atoms with E-state index < -0.39 is 5.97 Å². The summed E-state index contributed by atoms with van der Waals surface area (Å²) < 4.78 is 5.12. The van der Waals surface area contributed by atoms with Crippen LogP contribution in [0.1, 0.15) is 21.8 Å². The lowest BCUT2D eigenvalue weighted by Crippen LogP contribution is -2.18. The number of aromatic nitrogens is 1. The maximum Gasteiger partial charge on any atom is 0.339 e. The SMILES string of the molecule is O=C(O)c1ccoc1CNCCc1ccccn1. The van der Waals surface area contributed by atoms with Gasteiger partial charge in [-0.05, 0) is 18.2 Å². The monoisotopic (exact) mass is 246 g/mol. The minimum atomic E-state index is -0.967. The van der Waals surface area contributed by atoms with Crippen molar-refractivity contribution in [1.82, 2.24) is 10.3 Å². The fourth-order valence-corrected chi connectivity index (χ4v) is 1.63. The molecule has 0 aliphatic rings. The Labute approximate surface area is 104 Å². The van der Waals surface area contributed by atoms with E-state index in [1.54, 1.807) is 6.20 Å². The minimum absolute atomic E-state index is 0.209. The van der Waals surface area contributed by atoms with Gasteiger partial charge in [0.25, 0.3) is 0 Å². The molecule has 2 rings (SSSR count). The summed E-state index contributed by atoms with van der Waals surface area (Å²) in [5.41, 5.74) is 1.21. The molecule has 0 bridgehead atoms. The minimum Gasteiger partial charge on any atom is -0.478 e. The first-order chi connectivity index (χ1) is 8.77. The van der Waals surface area contributed by atoms with Crippen LogP contribution in [0.15, 0.2) is 41.1 Å². The van der Waals surface area contributed by atoms with Gasteiger partial charge in [-0.3, -0.25) is 4.98 Å². The number of nitrogens with zero attached hydrogens (tertiary/aromatic N) is 1. The van der Waals surface area contributed by atoms with Gasteiger partial charge in [0.05, 0.1) is 12.8 Å². The standard InChI is InChI=1S/C13H14N2O3/c16-13(17)11-5-8-18-12(11)9-14-7-4-10-3-1-2-6-15-10/h1-3,5-6,8,14H,4,7,9H2,(H,16,17). The summed E-state index contributed by atoms with van der Waals surface area (Å²) in [5.74, 6) is -0.520. The predicted molar refractivity (Wildman–Crippen MR) is 65.3 cm³/mol. The molecule has 0 saturated carbocycles. The van der Waals surface area contributed by atoms with E-state index in [-0.39, 0.29) is 5.56 Å². The lowest BCUT2D eigenvalue weighted by atomic mass is 10.2. The van der Waals surface area contributed by atoms with Gasteiger partial charge in [0, 0.05) is 24.9 Å². The molecule has 2 N–H and O–H groups in total. The molecule has 0 unspecified atom stereocenters. The van der Waals surface area contributed by atoms with Crippen LogP contribution in [0.25, 0.3) is 0 Å². The van der Waals surface area contributed by atoms with Crippen molar-refractivity contribution in [2.45, 2.75) is 13.0 Å². The largest absolute Gasteiger partial charge is 0.478 e. The molecule has 2 aromatic heterocycles. The van der Waals surface area contributed by atoms with Crippen molar-refractivity contribution >= 4 is 5.97 Å². The normalized spacial score (nSPS) is 10.4. The number of carbonyl (C=O) groups is 1. The second-order valence-corrected chi connectivity index (χ2v) is 3.81. The maximum absolute atomic E-state index is 10.8. The first-order valence-electron chi connectivity index (χ1n) is 5.67. The van der Waals surface area contributed by atoms with Crippen molar-refractivity contribution < 1.29 is 14.3 Å². The van der Waals surface area contributed by atoms with Crippen LogP contribution in [0.4, 0.5) is 0 Å². The highest BCUT2D eigenvalue weighted by Gasteiger charge is 2.12. The van der Waals surface area contributed by atoms with Crippen molar-refractivity contribution in [3.05, 3.63) is 53.7 Å². The second kappa shape index (κ2) is 5.97. The van der Waals surface area contributed by atoms with Crippen LogP contribution in [-0.4, -0.2) is 22.6 Å². The average molecular weight is 246 g/mol. The molecule has 5 nitrogen and oxygen atoms in total. The van der Waals surface area contributed by atoms with Crippen molar-refractivity contribution in [2.24, 2.45) is 0 Å². The zero-order chi connectivity index (χ0) is 12.8. The van der Waals surface area contributed by atoms with Gasteiger partial charge in [-0.1, -0.05) is 6.07 Å². The van der Waals surface area contributed by atoms with E-state index >= 15 is 0 Å². The number of rotatable bonds is 6. The van der Waals surface area contributed by atoms with Crippen LogP contribution in [0.3, 0.4) is 0 Å². The van der Waals surface area contributed by atoms with Crippen molar-refractivity contribution in [2.75, 3.05) is 6.54 Å².